The zero-order valence-electron chi connectivity index (χ0n) is 19.8. The van der Waals surface area contributed by atoms with Crippen molar-refractivity contribution < 1.29 is 8.78 Å². The monoisotopic (exact) mass is 476 g/mol. The van der Waals surface area contributed by atoms with Gasteiger partial charge >= 0.3 is 0 Å². The van der Waals surface area contributed by atoms with Gasteiger partial charge < -0.3 is 15.2 Å². The molecule has 3 aromatic heterocycles. The number of aryl methyl sites for hydroxylation is 1. The van der Waals surface area contributed by atoms with Crippen LogP contribution in [0.15, 0.2) is 36.7 Å². The molecule has 0 aliphatic carbocycles. The molecular weight excluding hydrogens is 450 g/mol. The summed E-state index contributed by atoms with van der Waals surface area (Å²) < 4.78 is 31.6. The van der Waals surface area contributed by atoms with E-state index in [9.17, 15) is 8.78 Å². The van der Waals surface area contributed by atoms with Crippen molar-refractivity contribution in [3.63, 3.8) is 0 Å². The largest absolute Gasteiger partial charge is 0.326 e. The number of halogens is 2. The molecule has 2 aliphatic rings. The smallest absolute Gasteiger partial charge is 0.229 e. The van der Waals surface area contributed by atoms with Gasteiger partial charge in [0.15, 0.2) is 11.6 Å². The minimum absolute atomic E-state index is 0.00997. The van der Waals surface area contributed by atoms with E-state index in [-0.39, 0.29) is 23.2 Å². The fourth-order valence-corrected chi connectivity index (χ4v) is 5.12. The number of hydrogen-bond donors (Lipinski definition) is 2. The van der Waals surface area contributed by atoms with Crippen molar-refractivity contribution in [3.05, 3.63) is 59.7 Å². The van der Waals surface area contributed by atoms with E-state index in [4.69, 9.17) is 0 Å². The van der Waals surface area contributed by atoms with Gasteiger partial charge in [-0.3, -0.25) is 4.90 Å². The SMILES string of the molecule is Cc1nc2c(F)cc(-c3nc(Nc4ccc(CN5C6CNCC65)cn4)ncc3F)cc2n1C(C)C. The molecule has 2 aliphatic heterocycles. The normalized spacial score (nSPS) is 21.0. The molecule has 2 atom stereocenters. The molecule has 0 saturated carbocycles. The summed E-state index contributed by atoms with van der Waals surface area (Å²) >= 11 is 0. The molecular formula is C25H26F2N8. The first-order valence-electron chi connectivity index (χ1n) is 11.8. The Balaban J connectivity index is 1.25. The lowest BCUT2D eigenvalue weighted by Crippen LogP contribution is -2.22. The van der Waals surface area contributed by atoms with E-state index < -0.39 is 11.6 Å². The Hall–Kier alpha value is -3.50. The first kappa shape index (κ1) is 22.0. The lowest BCUT2D eigenvalue weighted by molar-refractivity contribution is 0.427. The molecule has 4 aromatic rings. The minimum atomic E-state index is -0.636. The van der Waals surface area contributed by atoms with Crippen LogP contribution in [0.1, 0.15) is 31.3 Å². The maximum atomic E-state index is 14.9. The van der Waals surface area contributed by atoms with E-state index in [1.165, 1.54) is 6.07 Å². The molecule has 2 N–H and O–H groups in total. The first-order chi connectivity index (χ1) is 16.9. The van der Waals surface area contributed by atoms with Crippen molar-refractivity contribution in [1.29, 1.82) is 0 Å². The highest BCUT2D eigenvalue weighted by Gasteiger charge is 2.50. The zero-order valence-corrected chi connectivity index (χ0v) is 19.8. The fraction of sp³-hybridized carbons (Fsp3) is 0.360. The van der Waals surface area contributed by atoms with Crippen molar-refractivity contribution in [2.75, 3.05) is 18.4 Å². The molecule has 35 heavy (non-hydrogen) atoms. The number of hydrogen-bond acceptors (Lipinski definition) is 7. The predicted octanol–water partition coefficient (Wildman–Crippen LogP) is 3.96. The molecule has 10 heteroatoms. The van der Waals surface area contributed by atoms with Crippen LogP contribution in [0.2, 0.25) is 0 Å². The highest BCUT2D eigenvalue weighted by molar-refractivity contribution is 5.83. The van der Waals surface area contributed by atoms with Crippen LogP contribution in [0, 0.1) is 18.6 Å². The van der Waals surface area contributed by atoms with Gasteiger partial charge in [0, 0.05) is 49.5 Å². The number of benzene rings is 1. The summed E-state index contributed by atoms with van der Waals surface area (Å²) in [5, 5.41) is 6.41. The second kappa shape index (κ2) is 8.31. The van der Waals surface area contributed by atoms with Gasteiger partial charge in [-0.15, -0.1) is 0 Å². The number of anilines is 2. The molecule has 2 unspecified atom stereocenters. The molecule has 0 radical (unpaired) electrons. The molecule has 6 rings (SSSR count). The topological polar surface area (TPSA) is 83.6 Å². The quantitative estimate of drug-likeness (QED) is 0.408. The Kier molecular flexibility index (Phi) is 5.23. The van der Waals surface area contributed by atoms with Crippen LogP contribution in [-0.2, 0) is 6.54 Å². The Morgan fingerprint density at radius 2 is 1.86 bits per heavy atom. The number of pyridine rings is 1. The van der Waals surface area contributed by atoms with E-state index in [0.717, 1.165) is 31.4 Å². The number of rotatable bonds is 6. The van der Waals surface area contributed by atoms with Gasteiger partial charge in [-0.1, -0.05) is 6.07 Å². The number of nitrogens with zero attached hydrogens (tertiary/aromatic N) is 6. The number of fused-ring (bicyclic) bond motifs is 2. The summed E-state index contributed by atoms with van der Waals surface area (Å²) in [6.07, 6.45) is 2.91. The predicted molar refractivity (Wildman–Crippen MR) is 129 cm³/mol. The molecule has 0 spiro atoms. The van der Waals surface area contributed by atoms with Gasteiger partial charge in [0.05, 0.1) is 11.7 Å². The van der Waals surface area contributed by atoms with Gasteiger partial charge in [-0.25, -0.2) is 28.7 Å². The van der Waals surface area contributed by atoms with Crippen molar-refractivity contribution in [2.24, 2.45) is 0 Å². The Bertz CT molecular complexity index is 1410. The van der Waals surface area contributed by atoms with Crippen LogP contribution in [0.3, 0.4) is 0 Å². The highest BCUT2D eigenvalue weighted by Crippen LogP contribution is 2.33. The average molecular weight is 477 g/mol. The van der Waals surface area contributed by atoms with E-state index in [1.54, 1.807) is 6.07 Å². The molecule has 0 bridgehead atoms. The maximum Gasteiger partial charge on any atom is 0.229 e. The van der Waals surface area contributed by atoms with Gasteiger partial charge in [0.25, 0.3) is 0 Å². The molecule has 0 amide bonds. The summed E-state index contributed by atoms with van der Waals surface area (Å²) in [6, 6.07) is 8.22. The van der Waals surface area contributed by atoms with E-state index >= 15 is 0 Å². The summed E-state index contributed by atoms with van der Waals surface area (Å²) in [7, 11) is 0. The molecule has 2 saturated heterocycles. The average Bonchev–Trinajstić information content (AvgIpc) is 3.14. The van der Waals surface area contributed by atoms with Crippen LogP contribution in [0.25, 0.3) is 22.3 Å². The van der Waals surface area contributed by atoms with Crippen LogP contribution in [0.4, 0.5) is 20.5 Å². The van der Waals surface area contributed by atoms with Gasteiger partial charge in [-0.05, 0) is 44.5 Å². The molecule has 5 heterocycles. The zero-order chi connectivity index (χ0) is 24.3. The van der Waals surface area contributed by atoms with Crippen molar-refractivity contribution in [1.82, 2.24) is 34.7 Å². The van der Waals surface area contributed by atoms with Crippen molar-refractivity contribution in [2.45, 2.75) is 45.4 Å². The number of piperazine rings is 1. The Morgan fingerprint density at radius 1 is 1.06 bits per heavy atom. The van der Waals surface area contributed by atoms with E-state index in [0.29, 0.717) is 34.8 Å². The summed E-state index contributed by atoms with van der Waals surface area (Å²) in [5.74, 6) is 0.278. The van der Waals surface area contributed by atoms with Gasteiger partial charge in [0.2, 0.25) is 5.95 Å². The second-order valence-corrected chi connectivity index (χ2v) is 9.48. The second-order valence-electron chi connectivity index (χ2n) is 9.48. The van der Waals surface area contributed by atoms with Gasteiger partial charge in [-0.2, -0.15) is 0 Å². The van der Waals surface area contributed by atoms with Crippen LogP contribution >= 0.6 is 0 Å². The first-order valence-corrected chi connectivity index (χ1v) is 11.8. The van der Waals surface area contributed by atoms with Gasteiger partial charge in [0.1, 0.15) is 22.9 Å². The third kappa shape index (κ3) is 3.92. The summed E-state index contributed by atoms with van der Waals surface area (Å²) in [6.45, 7) is 8.80. The fourth-order valence-electron chi connectivity index (χ4n) is 5.12. The number of imidazole rings is 1. The molecule has 2 fully saturated rings. The molecule has 8 nitrogen and oxygen atoms in total. The van der Waals surface area contributed by atoms with Crippen molar-refractivity contribution in [3.8, 4) is 11.3 Å². The Labute approximate surface area is 201 Å². The Morgan fingerprint density at radius 3 is 2.57 bits per heavy atom. The maximum absolute atomic E-state index is 14.9. The third-order valence-corrected chi connectivity index (χ3v) is 6.80. The van der Waals surface area contributed by atoms with Crippen LogP contribution in [-0.4, -0.2) is 54.6 Å². The summed E-state index contributed by atoms with van der Waals surface area (Å²) in [5.41, 5.74) is 2.33. The van der Waals surface area contributed by atoms with E-state index in [2.05, 4.69) is 35.5 Å². The molecule has 1 aromatic carbocycles. The van der Waals surface area contributed by atoms with Crippen LogP contribution < -0.4 is 10.6 Å². The third-order valence-electron chi connectivity index (χ3n) is 6.80. The standard InChI is InChI=1S/C25H26F2N8/c1-13(2)35-14(3)31-24-17(26)6-16(7-19(24)35)23-18(27)9-30-25(33-23)32-22-5-4-15(8-29-22)12-34-20-10-28-11-21(20)34/h4-9,13,20-21,28H,10-12H2,1-3H3,(H,29,30,32,33). The number of aromatic nitrogens is 5. The lowest BCUT2D eigenvalue weighted by atomic mass is 10.1. The lowest BCUT2D eigenvalue weighted by Gasteiger charge is -2.12. The highest BCUT2D eigenvalue weighted by atomic mass is 19.1. The summed E-state index contributed by atoms with van der Waals surface area (Å²) in [4.78, 5) is 19.7. The minimum Gasteiger partial charge on any atom is -0.326 e. The van der Waals surface area contributed by atoms with Crippen molar-refractivity contribution >= 4 is 22.8 Å². The van der Waals surface area contributed by atoms with E-state index in [1.807, 2.05) is 43.7 Å². The molecule has 180 valence electrons. The van der Waals surface area contributed by atoms with Crippen LogP contribution in [0.5, 0.6) is 0 Å². The number of nitrogens with one attached hydrogen (secondary N) is 2.